The first-order chi connectivity index (χ1) is 21.2. The number of carbonyl (C=O) groups excluding carboxylic acids is 3. The Balaban J connectivity index is 1.73. The number of amides is 2. The van der Waals surface area contributed by atoms with Crippen LogP contribution in [0.3, 0.4) is 0 Å². The van der Waals surface area contributed by atoms with Gasteiger partial charge in [-0.05, 0) is 97.1 Å². The number of ether oxygens (including phenoxy) is 2. The fraction of sp³-hybridized carbons (Fsp3) is 0.333. The Kier molecular flexibility index (Phi) is 11.6. The molecule has 0 saturated carbocycles. The maximum atomic E-state index is 14.3. The van der Waals surface area contributed by atoms with Gasteiger partial charge in [-0.15, -0.1) is 0 Å². The van der Waals surface area contributed by atoms with E-state index in [0.29, 0.717) is 50.6 Å². The molecule has 0 aromatic heterocycles. The van der Waals surface area contributed by atoms with Crippen LogP contribution in [0.1, 0.15) is 52.1 Å². The van der Waals surface area contributed by atoms with Crippen LogP contribution in [-0.4, -0.2) is 74.6 Å². The second kappa shape index (κ2) is 15.4. The topological polar surface area (TPSA) is 91.4 Å². The van der Waals surface area contributed by atoms with Crippen molar-refractivity contribution < 1.29 is 23.9 Å². The number of methoxy groups -OCH3 is 1. The fourth-order valence-electron chi connectivity index (χ4n) is 5.37. The molecule has 1 aliphatic rings. The molecule has 0 radical (unpaired) electrons. The zero-order valence-corrected chi connectivity index (χ0v) is 27.5. The average molecular weight is 684 g/mol. The summed E-state index contributed by atoms with van der Waals surface area (Å²) in [5.74, 6) is 1.29. The lowest BCUT2D eigenvalue weighted by atomic mass is 9.99. The van der Waals surface area contributed by atoms with E-state index in [1.807, 2.05) is 32.3 Å². The van der Waals surface area contributed by atoms with Crippen LogP contribution in [0, 0.1) is 0 Å². The van der Waals surface area contributed by atoms with Gasteiger partial charge in [0.05, 0.1) is 24.0 Å². The largest absolute Gasteiger partial charge is 0.495 e. The minimum Gasteiger partial charge on any atom is -0.495 e. The minimum atomic E-state index is -0.776. The zero-order valence-electron chi connectivity index (χ0n) is 25.2. The van der Waals surface area contributed by atoms with Crippen LogP contribution in [0.15, 0.2) is 71.4 Å². The van der Waals surface area contributed by atoms with E-state index in [1.165, 1.54) is 7.11 Å². The molecule has 2 unspecified atom stereocenters. The van der Waals surface area contributed by atoms with Gasteiger partial charge < -0.3 is 19.7 Å². The van der Waals surface area contributed by atoms with Crippen LogP contribution in [0.25, 0.3) is 0 Å². The van der Waals surface area contributed by atoms with Crippen molar-refractivity contribution in [1.29, 1.82) is 0 Å². The summed E-state index contributed by atoms with van der Waals surface area (Å²) in [5.41, 5.74) is 2.71. The lowest BCUT2D eigenvalue weighted by Gasteiger charge is -2.33. The monoisotopic (exact) mass is 682 g/mol. The molecule has 0 saturated heterocycles. The molecule has 0 spiro atoms. The Hall–Kier alpha value is -3.66. The van der Waals surface area contributed by atoms with E-state index >= 15 is 0 Å². The summed E-state index contributed by atoms with van der Waals surface area (Å²) in [4.78, 5) is 44.5. The maximum absolute atomic E-state index is 14.3. The summed E-state index contributed by atoms with van der Waals surface area (Å²) < 4.78 is 12.1. The molecule has 44 heavy (non-hydrogen) atoms. The molecule has 1 aliphatic heterocycles. The molecule has 0 aliphatic carbocycles. The van der Waals surface area contributed by atoms with Crippen LogP contribution in [0.4, 0.5) is 11.4 Å². The van der Waals surface area contributed by atoms with Crippen molar-refractivity contribution in [3.63, 3.8) is 0 Å². The van der Waals surface area contributed by atoms with Gasteiger partial charge in [-0.2, -0.15) is 0 Å². The summed E-state index contributed by atoms with van der Waals surface area (Å²) in [6.45, 7) is 4.58. The van der Waals surface area contributed by atoms with E-state index in [0.717, 1.165) is 31.5 Å². The van der Waals surface area contributed by atoms with Gasteiger partial charge in [0.15, 0.2) is 18.4 Å². The standard InChI is InChI=1S/C33H36BrClN4O5/c1-5-38(17-16-37(2)3)28-14-15-31(44-19-18-40)39(29-13-11-23(35)21-25(28)29)33(42)22-10-12-27(30(20-22)43-4)36-32(41)24-8-6-7-9-26(24)34/h6-13,19-21,28,31H,5,14-17H2,1-4H3,(H,36,41). The number of rotatable bonds is 11. The van der Waals surface area contributed by atoms with Crippen molar-refractivity contribution in [3.05, 3.63) is 93.1 Å². The fourth-order valence-corrected chi connectivity index (χ4v) is 6.02. The number of fused-ring (bicyclic) bond motifs is 1. The van der Waals surface area contributed by atoms with Crippen molar-refractivity contribution in [3.8, 4) is 5.75 Å². The summed E-state index contributed by atoms with van der Waals surface area (Å²) in [7, 11) is 5.54. The molecule has 3 aromatic rings. The van der Waals surface area contributed by atoms with Gasteiger partial charge >= 0.3 is 0 Å². The SMILES string of the molecule is CCN(CCN(C)C)C1CCC(OC=C=O)N(C(=O)c2ccc(NC(=O)c3ccccc3Br)c(OC)c2)c2ccc(Cl)cc21. The first-order valence-electron chi connectivity index (χ1n) is 14.3. The number of likely N-dealkylation sites (N-methyl/N-ethyl adjacent to an activating group) is 2. The quantitative estimate of drug-likeness (QED) is 0.184. The first kappa shape index (κ1) is 33.2. The molecule has 0 bridgehead atoms. The molecule has 11 heteroatoms. The van der Waals surface area contributed by atoms with Crippen molar-refractivity contribution in [2.75, 3.05) is 51.1 Å². The Labute approximate surface area is 271 Å². The smallest absolute Gasteiger partial charge is 0.261 e. The van der Waals surface area contributed by atoms with E-state index in [4.69, 9.17) is 21.1 Å². The van der Waals surface area contributed by atoms with Crippen LogP contribution in [-0.2, 0) is 9.53 Å². The molecule has 1 heterocycles. The van der Waals surface area contributed by atoms with E-state index in [1.54, 1.807) is 53.3 Å². The van der Waals surface area contributed by atoms with Crippen molar-refractivity contribution in [1.82, 2.24) is 9.80 Å². The van der Waals surface area contributed by atoms with Gasteiger partial charge in [0.1, 0.15) is 5.75 Å². The maximum Gasteiger partial charge on any atom is 0.261 e. The van der Waals surface area contributed by atoms with Crippen LogP contribution in [0.5, 0.6) is 5.75 Å². The predicted octanol–water partition coefficient (Wildman–Crippen LogP) is 6.42. The van der Waals surface area contributed by atoms with Gasteiger partial charge in [-0.3, -0.25) is 19.4 Å². The molecule has 9 nitrogen and oxygen atoms in total. The van der Waals surface area contributed by atoms with Gasteiger partial charge in [-0.25, -0.2) is 4.79 Å². The number of hydrogen-bond donors (Lipinski definition) is 1. The highest BCUT2D eigenvalue weighted by atomic mass is 79.9. The number of halogens is 2. The third-order valence-corrected chi connectivity index (χ3v) is 8.50. The normalized spacial score (nSPS) is 16.1. The van der Waals surface area contributed by atoms with Crippen LogP contribution >= 0.6 is 27.5 Å². The first-order valence-corrected chi connectivity index (χ1v) is 15.5. The lowest BCUT2D eigenvalue weighted by molar-refractivity contribution is 0.0818. The van der Waals surface area contributed by atoms with Gasteiger partial charge in [-0.1, -0.05) is 30.7 Å². The van der Waals surface area contributed by atoms with Gasteiger partial charge in [0, 0.05) is 40.6 Å². The second-order valence-electron chi connectivity index (χ2n) is 10.6. The predicted molar refractivity (Wildman–Crippen MR) is 176 cm³/mol. The lowest BCUT2D eigenvalue weighted by Crippen LogP contribution is -2.41. The molecular formula is C33H36BrClN4O5. The van der Waals surface area contributed by atoms with E-state index in [-0.39, 0.29) is 17.9 Å². The summed E-state index contributed by atoms with van der Waals surface area (Å²) in [6, 6.07) is 17.3. The van der Waals surface area contributed by atoms with E-state index < -0.39 is 6.23 Å². The summed E-state index contributed by atoms with van der Waals surface area (Å²) >= 11 is 9.92. The van der Waals surface area contributed by atoms with Crippen molar-refractivity contribution in [2.24, 2.45) is 0 Å². The van der Waals surface area contributed by atoms with Crippen LogP contribution in [0.2, 0.25) is 5.02 Å². The number of nitrogens with zero attached hydrogens (tertiary/aromatic N) is 3. The van der Waals surface area contributed by atoms with Crippen molar-refractivity contribution in [2.45, 2.75) is 32.0 Å². The van der Waals surface area contributed by atoms with E-state index in [9.17, 15) is 14.4 Å². The third-order valence-electron chi connectivity index (χ3n) is 7.57. The van der Waals surface area contributed by atoms with E-state index in [2.05, 4.69) is 38.0 Å². The number of hydrogen-bond acceptors (Lipinski definition) is 7. The molecule has 0 fully saturated rings. The summed E-state index contributed by atoms with van der Waals surface area (Å²) in [6.07, 6.45) is 1.29. The Morgan fingerprint density at radius 1 is 1.11 bits per heavy atom. The number of carbonyl (C=O) groups is 2. The zero-order chi connectivity index (χ0) is 31.8. The Morgan fingerprint density at radius 2 is 1.89 bits per heavy atom. The number of benzene rings is 3. The van der Waals surface area contributed by atoms with Crippen molar-refractivity contribution >= 4 is 56.7 Å². The second-order valence-corrected chi connectivity index (χ2v) is 11.9. The highest BCUT2D eigenvalue weighted by Crippen LogP contribution is 2.41. The summed E-state index contributed by atoms with van der Waals surface area (Å²) in [5, 5.41) is 3.42. The molecule has 2 amide bonds. The molecule has 3 aromatic carbocycles. The van der Waals surface area contributed by atoms with Gasteiger partial charge in [0.2, 0.25) is 0 Å². The number of nitrogens with one attached hydrogen (secondary N) is 1. The highest BCUT2D eigenvalue weighted by molar-refractivity contribution is 9.10. The van der Waals surface area contributed by atoms with Gasteiger partial charge in [0.25, 0.3) is 11.8 Å². The molecule has 4 rings (SSSR count). The Morgan fingerprint density at radius 3 is 2.57 bits per heavy atom. The molecule has 2 atom stereocenters. The Bertz CT molecular complexity index is 1540. The highest BCUT2D eigenvalue weighted by Gasteiger charge is 2.36. The average Bonchev–Trinajstić information content (AvgIpc) is 3.16. The third kappa shape index (κ3) is 7.70. The molecule has 1 N–H and O–H groups in total. The number of anilines is 2. The molecular weight excluding hydrogens is 648 g/mol. The van der Waals surface area contributed by atoms with Crippen LogP contribution < -0.4 is 15.0 Å². The minimum absolute atomic E-state index is 0.0396. The molecule has 232 valence electrons.